The highest BCUT2D eigenvalue weighted by atomic mass is 16.5. The van der Waals surface area contributed by atoms with Crippen LogP contribution in [0.5, 0.6) is 17.2 Å². The number of rotatable bonds is 10. The molecular weight excluding hydrogens is 440 g/mol. The molecule has 0 aliphatic heterocycles. The fourth-order valence-electron chi connectivity index (χ4n) is 3.49. The van der Waals surface area contributed by atoms with Crippen molar-refractivity contribution in [2.45, 2.75) is 20.8 Å². The van der Waals surface area contributed by atoms with Crippen LogP contribution in [0.25, 0.3) is 28.4 Å². The van der Waals surface area contributed by atoms with Crippen molar-refractivity contribution in [3.8, 4) is 28.6 Å². The van der Waals surface area contributed by atoms with Gasteiger partial charge in [-0.05, 0) is 62.7 Å². The summed E-state index contributed by atoms with van der Waals surface area (Å²) in [6.07, 6.45) is 2.90. The molecule has 3 aromatic rings. The Balaban J connectivity index is 2.23. The van der Waals surface area contributed by atoms with E-state index in [0.717, 1.165) is 0 Å². The zero-order chi connectivity index (χ0) is 24.7. The van der Waals surface area contributed by atoms with E-state index in [4.69, 9.17) is 28.1 Å². The lowest BCUT2D eigenvalue weighted by molar-refractivity contribution is -0.137. The molecule has 0 unspecified atom stereocenters. The minimum absolute atomic E-state index is 0.192. The second-order valence-electron chi connectivity index (χ2n) is 7.01. The molecule has 8 heteroatoms. The Morgan fingerprint density at radius 2 is 1.62 bits per heavy atom. The molecule has 8 nitrogen and oxygen atoms in total. The van der Waals surface area contributed by atoms with E-state index in [2.05, 4.69) is 0 Å². The Hall–Kier alpha value is -3.94. The van der Waals surface area contributed by atoms with E-state index < -0.39 is 11.9 Å². The number of furan rings is 1. The minimum atomic E-state index is -0.544. The Kier molecular flexibility index (Phi) is 8.19. The second-order valence-corrected chi connectivity index (χ2v) is 7.01. The quantitative estimate of drug-likeness (QED) is 0.293. The van der Waals surface area contributed by atoms with Gasteiger partial charge in [-0.2, -0.15) is 0 Å². The molecule has 0 saturated heterocycles. The average Bonchev–Trinajstić information content (AvgIpc) is 3.22. The van der Waals surface area contributed by atoms with Gasteiger partial charge in [-0.25, -0.2) is 9.59 Å². The standard InChI is InChI=1S/C26H28O8/c1-6-31-19-11-10-17(15-20(19)29-4)24-23(26(28)33-8-3)18-13-16(9-12-22(27)32-7-2)14-21(30-5)25(18)34-24/h9-15H,6-8H2,1-5H3/b12-9+. The van der Waals surface area contributed by atoms with Crippen molar-refractivity contribution in [1.82, 2.24) is 0 Å². The van der Waals surface area contributed by atoms with Crippen LogP contribution in [0.1, 0.15) is 36.7 Å². The van der Waals surface area contributed by atoms with Crippen LogP contribution >= 0.6 is 0 Å². The Bertz CT molecular complexity index is 1210. The Labute approximate surface area is 198 Å². The first-order valence-corrected chi connectivity index (χ1v) is 10.9. The molecule has 0 aliphatic rings. The van der Waals surface area contributed by atoms with Crippen molar-refractivity contribution in [2.24, 2.45) is 0 Å². The lowest BCUT2D eigenvalue weighted by Gasteiger charge is -2.10. The molecule has 0 amide bonds. The van der Waals surface area contributed by atoms with Gasteiger partial charge in [0.05, 0.1) is 34.0 Å². The van der Waals surface area contributed by atoms with Gasteiger partial charge >= 0.3 is 11.9 Å². The fraction of sp³-hybridized carbons (Fsp3) is 0.308. The predicted octanol–water partition coefficient (Wildman–Crippen LogP) is 5.27. The molecule has 2 aromatic carbocycles. The number of methoxy groups -OCH3 is 2. The number of hydrogen-bond donors (Lipinski definition) is 0. The van der Waals surface area contributed by atoms with E-state index in [-0.39, 0.29) is 18.8 Å². The van der Waals surface area contributed by atoms with Crippen LogP contribution in [0.3, 0.4) is 0 Å². The van der Waals surface area contributed by atoms with Gasteiger partial charge in [-0.15, -0.1) is 0 Å². The van der Waals surface area contributed by atoms with Crippen molar-refractivity contribution < 1.29 is 37.7 Å². The maximum absolute atomic E-state index is 13.0. The van der Waals surface area contributed by atoms with Crippen LogP contribution in [0.4, 0.5) is 0 Å². The first kappa shape index (κ1) is 24.7. The van der Waals surface area contributed by atoms with E-state index in [9.17, 15) is 9.59 Å². The normalized spacial score (nSPS) is 11.0. The summed E-state index contributed by atoms with van der Waals surface area (Å²) >= 11 is 0. The van der Waals surface area contributed by atoms with Crippen LogP contribution in [0, 0.1) is 0 Å². The third-order valence-electron chi connectivity index (χ3n) is 4.90. The van der Waals surface area contributed by atoms with Gasteiger partial charge in [0.15, 0.2) is 22.8 Å². The first-order chi connectivity index (χ1) is 16.5. The lowest BCUT2D eigenvalue weighted by atomic mass is 10.0. The van der Waals surface area contributed by atoms with Gasteiger partial charge in [0.2, 0.25) is 0 Å². The summed E-state index contributed by atoms with van der Waals surface area (Å²) < 4.78 is 33.0. The molecule has 0 radical (unpaired) electrons. The van der Waals surface area contributed by atoms with E-state index in [1.807, 2.05) is 6.92 Å². The lowest BCUT2D eigenvalue weighted by Crippen LogP contribution is -2.05. The molecule has 3 rings (SSSR count). The third-order valence-corrected chi connectivity index (χ3v) is 4.90. The van der Waals surface area contributed by atoms with E-state index in [1.165, 1.54) is 20.3 Å². The van der Waals surface area contributed by atoms with Crippen molar-refractivity contribution >= 4 is 29.0 Å². The number of carbonyl (C=O) groups is 2. The Morgan fingerprint density at radius 3 is 2.26 bits per heavy atom. The molecule has 0 saturated carbocycles. The number of fused-ring (bicyclic) bond motifs is 1. The predicted molar refractivity (Wildman–Crippen MR) is 128 cm³/mol. The number of benzene rings is 2. The summed E-state index contributed by atoms with van der Waals surface area (Å²) in [4.78, 5) is 24.8. The molecule has 34 heavy (non-hydrogen) atoms. The van der Waals surface area contributed by atoms with Crippen molar-refractivity contribution in [3.63, 3.8) is 0 Å². The van der Waals surface area contributed by atoms with E-state index in [0.29, 0.717) is 51.7 Å². The maximum atomic E-state index is 13.0. The minimum Gasteiger partial charge on any atom is -0.493 e. The zero-order valence-electron chi connectivity index (χ0n) is 19.9. The molecular formula is C26H28O8. The topological polar surface area (TPSA) is 93.4 Å². The molecule has 0 aliphatic carbocycles. The highest BCUT2D eigenvalue weighted by Gasteiger charge is 2.26. The van der Waals surface area contributed by atoms with Crippen LogP contribution < -0.4 is 14.2 Å². The molecule has 1 aromatic heterocycles. The molecule has 180 valence electrons. The fourth-order valence-corrected chi connectivity index (χ4v) is 3.49. The second kappa shape index (κ2) is 11.3. The third kappa shape index (κ3) is 5.17. The van der Waals surface area contributed by atoms with Crippen LogP contribution in [-0.2, 0) is 14.3 Å². The van der Waals surface area contributed by atoms with Gasteiger partial charge in [0.25, 0.3) is 0 Å². The Morgan fingerprint density at radius 1 is 0.882 bits per heavy atom. The van der Waals surface area contributed by atoms with Gasteiger partial charge in [-0.3, -0.25) is 0 Å². The summed E-state index contributed by atoms with van der Waals surface area (Å²) in [6, 6.07) is 8.71. The van der Waals surface area contributed by atoms with Gasteiger partial charge in [0.1, 0.15) is 11.3 Å². The summed E-state index contributed by atoms with van der Waals surface area (Å²) in [5.41, 5.74) is 1.85. The SMILES string of the molecule is CCOC(=O)/C=C/c1cc(OC)c2oc(-c3ccc(OCC)c(OC)c3)c(C(=O)OCC)c2c1. The maximum Gasteiger partial charge on any atom is 0.342 e. The van der Waals surface area contributed by atoms with Crippen LogP contribution in [0.15, 0.2) is 40.8 Å². The van der Waals surface area contributed by atoms with Crippen molar-refractivity contribution in [1.29, 1.82) is 0 Å². The highest BCUT2D eigenvalue weighted by molar-refractivity contribution is 6.10. The number of ether oxygens (including phenoxy) is 5. The molecule has 0 bridgehead atoms. The summed E-state index contributed by atoms with van der Waals surface area (Å²) in [5, 5.41) is 0.490. The van der Waals surface area contributed by atoms with Crippen molar-refractivity contribution in [3.05, 3.63) is 47.5 Å². The molecule has 0 N–H and O–H groups in total. The monoisotopic (exact) mass is 468 g/mol. The van der Waals surface area contributed by atoms with Crippen LogP contribution in [0.2, 0.25) is 0 Å². The van der Waals surface area contributed by atoms with E-state index >= 15 is 0 Å². The molecule has 0 atom stereocenters. The van der Waals surface area contributed by atoms with Crippen molar-refractivity contribution in [2.75, 3.05) is 34.0 Å². The largest absolute Gasteiger partial charge is 0.493 e. The zero-order valence-corrected chi connectivity index (χ0v) is 19.9. The summed E-state index contributed by atoms with van der Waals surface area (Å²) in [6.45, 7) is 6.29. The van der Waals surface area contributed by atoms with Gasteiger partial charge in [-0.1, -0.05) is 0 Å². The summed E-state index contributed by atoms with van der Waals surface area (Å²) in [5.74, 6) is 0.765. The molecule has 0 spiro atoms. The molecule has 1 heterocycles. The smallest absolute Gasteiger partial charge is 0.342 e. The van der Waals surface area contributed by atoms with Crippen LogP contribution in [-0.4, -0.2) is 46.0 Å². The molecule has 0 fully saturated rings. The number of esters is 2. The van der Waals surface area contributed by atoms with E-state index in [1.54, 1.807) is 50.3 Å². The van der Waals surface area contributed by atoms with Gasteiger partial charge < -0.3 is 28.1 Å². The summed E-state index contributed by atoms with van der Waals surface area (Å²) in [7, 11) is 3.04. The highest BCUT2D eigenvalue weighted by Crippen LogP contribution is 2.41. The first-order valence-electron chi connectivity index (χ1n) is 10.9. The number of hydrogen-bond acceptors (Lipinski definition) is 8. The number of carbonyl (C=O) groups excluding carboxylic acids is 2. The average molecular weight is 469 g/mol. The van der Waals surface area contributed by atoms with Gasteiger partial charge in [0, 0.05) is 17.0 Å².